The summed E-state index contributed by atoms with van der Waals surface area (Å²) in [7, 11) is 0. The van der Waals surface area contributed by atoms with Gasteiger partial charge < -0.3 is 10.2 Å². The lowest BCUT2D eigenvalue weighted by Crippen LogP contribution is -2.38. The highest BCUT2D eigenvalue weighted by Gasteiger charge is 2.18. The van der Waals surface area contributed by atoms with E-state index in [1.54, 1.807) is 0 Å². The molecule has 2 heteroatoms. The van der Waals surface area contributed by atoms with Gasteiger partial charge in [-0.3, -0.25) is 0 Å². The van der Waals surface area contributed by atoms with Crippen molar-refractivity contribution in [1.29, 1.82) is 0 Å². The number of nitrogens with one attached hydrogen (secondary N) is 1. The van der Waals surface area contributed by atoms with E-state index < -0.39 is 0 Å². The molecule has 2 unspecified atom stereocenters. The fourth-order valence-corrected chi connectivity index (χ4v) is 3.05. The monoisotopic (exact) mass is 210 g/mol. The quantitative estimate of drug-likeness (QED) is 0.765. The third-order valence-corrected chi connectivity index (χ3v) is 4.00. The maximum absolute atomic E-state index is 3.74. The van der Waals surface area contributed by atoms with Crippen LogP contribution in [0.25, 0.3) is 0 Å². The van der Waals surface area contributed by atoms with E-state index in [9.17, 15) is 0 Å². The second-order valence-corrected chi connectivity index (χ2v) is 5.47. The summed E-state index contributed by atoms with van der Waals surface area (Å²) >= 11 is 0. The summed E-state index contributed by atoms with van der Waals surface area (Å²) in [5.41, 5.74) is 0. The smallest absolute Gasteiger partial charge is 0.0107 e. The summed E-state index contributed by atoms with van der Waals surface area (Å²) in [6.07, 6.45) is 8.53. The van der Waals surface area contributed by atoms with E-state index in [1.165, 1.54) is 64.7 Å². The number of nitrogens with zero attached hydrogens (tertiary/aromatic N) is 1. The summed E-state index contributed by atoms with van der Waals surface area (Å²) in [6, 6.07) is 0.816. The largest absolute Gasteiger partial charge is 0.313 e. The first-order chi connectivity index (χ1) is 7.34. The molecule has 0 aromatic heterocycles. The van der Waals surface area contributed by atoms with Gasteiger partial charge in [0.1, 0.15) is 0 Å². The van der Waals surface area contributed by atoms with E-state index in [4.69, 9.17) is 0 Å². The topological polar surface area (TPSA) is 15.3 Å². The van der Waals surface area contributed by atoms with Crippen molar-refractivity contribution >= 4 is 0 Å². The highest BCUT2D eigenvalue weighted by atomic mass is 15.2. The Kier molecular flexibility index (Phi) is 4.45. The SMILES string of the molecule is CC1CCCC(NCCN2CCCC2)C1. The van der Waals surface area contributed by atoms with Crippen molar-refractivity contribution in [3.63, 3.8) is 0 Å². The number of rotatable bonds is 4. The van der Waals surface area contributed by atoms with Gasteiger partial charge in [-0.1, -0.05) is 19.8 Å². The van der Waals surface area contributed by atoms with Crippen LogP contribution in [0.15, 0.2) is 0 Å². The molecule has 0 radical (unpaired) electrons. The normalized spacial score (nSPS) is 33.4. The fourth-order valence-electron chi connectivity index (χ4n) is 3.05. The molecular formula is C13H26N2. The standard InChI is InChI=1S/C13H26N2/c1-12-5-4-6-13(11-12)14-7-10-15-8-2-3-9-15/h12-14H,2-11H2,1H3. The van der Waals surface area contributed by atoms with E-state index in [-0.39, 0.29) is 0 Å². The first-order valence-electron chi connectivity index (χ1n) is 6.80. The molecule has 0 aromatic carbocycles. The maximum atomic E-state index is 3.74. The molecule has 1 heterocycles. The summed E-state index contributed by atoms with van der Waals surface area (Å²) in [6.45, 7) is 7.54. The zero-order valence-electron chi connectivity index (χ0n) is 10.2. The third-order valence-electron chi connectivity index (χ3n) is 4.00. The van der Waals surface area contributed by atoms with Crippen molar-refractivity contribution in [1.82, 2.24) is 10.2 Å². The van der Waals surface area contributed by atoms with Crippen LogP contribution in [-0.2, 0) is 0 Å². The van der Waals surface area contributed by atoms with Crippen LogP contribution < -0.4 is 5.32 Å². The predicted molar refractivity (Wildman–Crippen MR) is 65.1 cm³/mol. The third kappa shape index (κ3) is 3.76. The van der Waals surface area contributed by atoms with Crippen molar-refractivity contribution in [2.45, 2.75) is 51.5 Å². The van der Waals surface area contributed by atoms with Crippen LogP contribution in [-0.4, -0.2) is 37.1 Å². The number of likely N-dealkylation sites (tertiary alicyclic amines) is 1. The van der Waals surface area contributed by atoms with E-state index >= 15 is 0 Å². The van der Waals surface area contributed by atoms with Crippen molar-refractivity contribution in [3.8, 4) is 0 Å². The molecule has 0 bridgehead atoms. The van der Waals surface area contributed by atoms with Gasteiger partial charge in [-0.05, 0) is 44.7 Å². The maximum Gasteiger partial charge on any atom is 0.0107 e. The minimum Gasteiger partial charge on any atom is -0.313 e. The number of hydrogen-bond acceptors (Lipinski definition) is 2. The van der Waals surface area contributed by atoms with E-state index in [0.29, 0.717) is 0 Å². The summed E-state index contributed by atoms with van der Waals surface area (Å²) in [4.78, 5) is 2.60. The molecule has 88 valence electrons. The molecule has 0 amide bonds. The molecule has 2 fully saturated rings. The highest BCUT2D eigenvalue weighted by molar-refractivity contribution is 4.76. The van der Waals surface area contributed by atoms with Crippen molar-refractivity contribution in [2.75, 3.05) is 26.2 Å². The Morgan fingerprint density at radius 3 is 2.67 bits per heavy atom. The van der Waals surface area contributed by atoms with Crippen molar-refractivity contribution in [3.05, 3.63) is 0 Å². The minimum absolute atomic E-state index is 0.816. The van der Waals surface area contributed by atoms with Crippen LogP contribution in [0.5, 0.6) is 0 Å². The van der Waals surface area contributed by atoms with Crippen LogP contribution in [0.1, 0.15) is 45.4 Å². The van der Waals surface area contributed by atoms with Gasteiger partial charge in [0, 0.05) is 19.1 Å². The Morgan fingerprint density at radius 2 is 1.93 bits per heavy atom. The molecule has 2 nitrogen and oxygen atoms in total. The van der Waals surface area contributed by atoms with Crippen LogP contribution >= 0.6 is 0 Å². The highest BCUT2D eigenvalue weighted by Crippen LogP contribution is 2.23. The lowest BCUT2D eigenvalue weighted by atomic mass is 9.87. The molecule has 1 aliphatic heterocycles. The van der Waals surface area contributed by atoms with Crippen LogP contribution in [0.3, 0.4) is 0 Å². The Bertz CT molecular complexity index is 175. The molecule has 0 aromatic rings. The van der Waals surface area contributed by atoms with Gasteiger partial charge in [0.25, 0.3) is 0 Å². The molecule has 2 atom stereocenters. The summed E-state index contributed by atoms with van der Waals surface area (Å²) < 4.78 is 0. The summed E-state index contributed by atoms with van der Waals surface area (Å²) in [5.74, 6) is 0.947. The van der Waals surface area contributed by atoms with Crippen LogP contribution in [0, 0.1) is 5.92 Å². The first kappa shape index (κ1) is 11.4. The van der Waals surface area contributed by atoms with Gasteiger partial charge in [0.15, 0.2) is 0 Å². The molecule has 1 aliphatic carbocycles. The van der Waals surface area contributed by atoms with Gasteiger partial charge in [0.2, 0.25) is 0 Å². The van der Waals surface area contributed by atoms with Gasteiger partial charge in [-0.2, -0.15) is 0 Å². The molecule has 1 saturated carbocycles. The lowest BCUT2D eigenvalue weighted by Gasteiger charge is -2.28. The first-order valence-corrected chi connectivity index (χ1v) is 6.80. The van der Waals surface area contributed by atoms with Crippen molar-refractivity contribution < 1.29 is 0 Å². The fraction of sp³-hybridized carbons (Fsp3) is 1.00. The van der Waals surface area contributed by atoms with Crippen molar-refractivity contribution in [2.24, 2.45) is 5.92 Å². The Labute approximate surface area is 94.4 Å². The second kappa shape index (κ2) is 5.86. The molecule has 1 saturated heterocycles. The van der Waals surface area contributed by atoms with Gasteiger partial charge in [-0.25, -0.2) is 0 Å². The second-order valence-electron chi connectivity index (χ2n) is 5.47. The van der Waals surface area contributed by atoms with E-state index in [0.717, 1.165) is 12.0 Å². The molecular weight excluding hydrogens is 184 g/mol. The molecule has 2 rings (SSSR count). The predicted octanol–water partition coefficient (Wildman–Crippen LogP) is 2.25. The number of hydrogen-bond donors (Lipinski definition) is 1. The van der Waals surface area contributed by atoms with Crippen LogP contribution in [0.2, 0.25) is 0 Å². The molecule has 1 N–H and O–H groups in total. The van der Waals surface area contributed by atoms with Gasteiger partial charge in [-0.15, -0.1) is 0 Å². The van der Waals surface area contributed by atoms with E-state index in [2.05, 4.69) is 17.1 Å². The van der Waals surface area contributed by atoms with Gasteiger partial charge in [0.05, 0.1) is 0 Å². The van der Waals surface area contributed by atoms with Crippen LogP contribution in [0.4, 0.5) is 0 Å². The average molecular weight is 210 g/mol. The Balaban J connectivity index is 1.56. The molecule has 2 aliphatic rings. The Hall–Kier alpha value is -0.0800. The zero-order chi connectivity index (χ0) is 10.5. The molecule has 0 spiro atoms. The Morgan fingerprint density at radius 1 is 1.13 bits per heavy atom. The van der Waals surface area contributed by atoms with Gasteiger partial charge >= 0.3 is 0 Å². The van der Waals surface area contributed by atoms with E-state index in [1.807, 2.05) is 0 Å². The lowest BCUT2D eigenvalue weighted by molar-refractivity contribution is 0.278. The molecule has 15 heavy (non-hydrogen) atoms. The summed E-state index contributed by atoms with van der Waals surface area (Å²) in [5, 5.41) is 3.74. The zero-order valence-corrected chi connectivity index (χ0v) is 10.2. The average Bonchev–Trinajstić information content (AvgIpc) is 2.71. The minimum atomic E-state index is 0.816.